The van der Waals surface area contributed by atoms with Gasteiger partial charge in [-0.1, -0.05) is 0 Å². The predicted octanol–water partition coefficient (Wildman–Crippen LogP) is 1.05. The van der Waals surface area contributed by atoms with Gasteiger partial charge in [0, 0.05) is 13.1 Å². The van der Waals surface area contributed by atoms with Crippen molar-refractivity contribution in [2.24, 2.45) is 0 Å². The van der Waals surface area contributed by atoms with E-state index in [2.05, 4.69) is 14.9 Å². The first-order valence-corrected chi connectivity index (χ1v) is 5.40. The normalized spacial score (nSPS) is 18.2. The molecule has 0 spiro atoms. The Hall–Kier alpha value is -1.16. The summed E-state index contributed by atoms with van der Waals surface area (Å²) in [5.74, 6) is 0.935. The van der Waals surface area contributed by atoms with Crippen molar-refractivity contribution in [1.29, 1.82) is 0 Å². The number of aliphatic hydroxyl groups excluding tert-OH is 1. The van der Waals surface area contributed by atoms with Crippen molar-refractivity contribution in [3.63, 3.8) is 0 Å². The Bertz CT molecular complexity index is 346. The highest BCUT2D eigenvalue weighted by molar-refractivity contribution is 5.37. The number of nitrogens with zero attached hydrogens (tertiary/aromatic N) is 3. The van der Waals surface area contributed by atoms with E-state index in [4.69, 9.17) is 0 Å². The highest BCUT2D eigenvalue weighted by atomic mass is 16.3. The Morgan fingerprint density at radius 2 is 1.93 bits per heavy atom. The average Bonchev–Trinajstić information content (AvgIpc) is 2.23. The number of anilines is 1. The maximum Gasteiger partial charge on any atom is 0.147 e. The van der Waals surface area contributed by atoms with E-state index in [1.54, 1.807) is 0 Å². The second-order valence-electron chi connectivity index (χ2n) is 4.12. The molecule has 15 heavy (non-hydrogen) atoms. The van der Waals surface area contributed by atoms with E-state index in [9.17, 15) is 5.11 Å². The molecule has 0 unspecified atom stereocenters. The van der Waals surface area contributed by atoms with E-state index in [1.807, 2.05) is 20.0 Å². The fraction of sp³-hybridized carbons (Fsp3) is 0.636. The van der Waals surface area contributed by atoms with Gasteiger partial charge in [0.1, 0.15) is 5.82 Å². The van der Waals surface area contributed by atoms with Gasteiger partial charge in [0.05, 0.1) is 23.7 Å². The van der Waals surface area contributed by atoms with Gasteiger partial charge in [0.15, 0.2) is 0 Å². The molecule has 4 nitrogen and oxygen atoms in total. The Morgan fingerprint density at radius 1 is 1.27 bits per heavy atom. The molecule has 1 aliphatic heterocycles. The highest BCUT2D eigenvalue weighted by Crippen LogP contribution is 2.17. The summed E-state index contributed by atoms with van der Waals surface area (Å²) < 4.78 is 0. The van der Waals surface area contributed by atoms with Gasteiger partial charge in [-0.15, -0.1) is 0 Å². The molecule has 0 atom stereocenters. The summed E-state index contributed by atoms with van der Waals surface area (Å²) in [7, 11) is 0. The molecule has 1 N–H and O–H groups in total. The van der Waals surface area contributed by atoms with Crippen molar-refractivity contribution in [3.8, 4) is 0 Å². The van der Waals surface area contributed by atoms with Crippen molar-refractivity contribution in [1.82, 2.24) is 9.97 Å². The van der Waals surface area contributed by atoms with Gasteiger partial charge in [-0.3, -0.25) is 4.98 Å². The summed E-state index contributed by atoms with van der Waals surface area (Å²) in [6, 6.07) is 0. The van der Waals surface area contributed by atoms with Crippen molar-refractivity contribution in [3.05, 3.63) is 17.6 Å². The first-order valence-electron chi connectivity index (χ1n) is 5.40. The molecule has 1 saturated heterocycles. The van der Waals surface area contributed by atoms with E-state index in [1.165, 1.54) is 0 Å². The maximum absolute atomic E-state index is 9.41. The van der Waals surface area contributed by atoms with Crippen molar-refractivity contribution < 1.29 is 5.11 Å². The van der Waals surface area contributed by atoms with E-state index >= 15 is 0 Å². The summed E-state index contributed by atoms with van der Waals surface area (Å²) in [5.41, 5.74) is 1.97. The van der Waals surface area contributed by atoms with Crippen LogP contribution in [0.2, 0.25) is 0 Å². The van der Waals surface area contributed by atoms with E-state index in [0.717, 1.165) is 43.1 Å². The molecule has 0 radical (unpaired) electrons. The molecule has 4 heteroatoms. The fourth-order valence-corrected chi connectivity index (χ4v) is 1.78. The summed E-state index contributed by atoms with van der Waals surface area (Å²) in [6.07, 6.45) is 3.34. The summed E-state index contributed by atoms with van der Waals surface area (Å²) in [4.78, 5) is 11.0. The van der Waals surface area contributed by atoms with Gasteiger partial charge in [-0.2, -0.15) is 0 Å². The van der Waals surface area contributed by atoms with Crippen LogP contribution in [0.4, 0.5) is 5.82 Å². The Labute approximate surface area is 90.0 Å². The number of aromatic nitrogens is 2. The number of aryl methyl sites for hydroxylation is 2. The van der Waals surface area contributed by atoms with Crippen LogP contribution < -0.4 is 4.90 Å². The SMILES string of the molecule is Cc1ncc(N2CCC(O)CC2)nc1C. The standard InChI is InChI=1S/C11H17N3O/c1-8-9(2)13-11(7-12-8)14-5-3-10(15)4-6-14/h7,10,15H,3-6H2,1-2H3. The van der Waals surface area contributed by atoms with Gasteiger partial charge >= 0.3 is 0 Å². The lowest BCUT2D eigenvalue weighted by Crippen LogP contribution is -2.36. The zero-order valence-electron chi connectivity index (χ0n) is 9.27. The van der Waals surface area contributed by atoms with Crippen molar-refractivity contribution >= 4 is 5.82 Å². The van der Waals surface area contributed by atoms with Gasteiger partial charge in [0.25, 0.3) is 0 Å². The highest BCUT2D eigenvalue weighted by Gasteiger charge is 2.18. The number of aliphatic hydroxyl groups is 1. The van der Waals surface area contributed by atoms with Gasteiger partial charge in [-0.05, 0) is 26.7 Å². The van der Waals surface area contributed by atoms with E-state index in [-0.39, 0.29) is 6.10 Å². The van der Waals surface area contributed by atoms with Crippen molar-refractivity contribution in [2.75, 3.05) is 18.0 Å². The smallest absolute Gasteiger partial charge is 0.147 e. The molecule has 0 aromatic carbocycles. The largest absolute Gasteiger partial charge is 0.393 e. The molecule has 0 saturated carbocycles. The number of piperidine rings is 1. The molecule has 1 aromatic rings. The lowest BCUT2D eigenvalue weighted by atomic mass is 10.1. The van der Waals surface area contributed by atoms with Gasteiger partial charge < -0.3 is 10.0 Å². The third kappa shape index (κ3) is 2.26. The summed E-state index contributed by atoms with van der Waals surface area (Å²) in [6.45, 7) is 5.69. The predicted molar refractivity (Wildman–Crippen MR) is 59.0 cm³/mol. The Morgan fingerprint density at radius 3 is 2.53 bits per heavy atom. The maximum atomic E-state index is 9.41. The fourth-order valence-electron chi connectivity index (χ4n) is 1.78. The van der Waals surface area contributed by atoms with Crippen LogP contribution in [0.25, 0.3) is 0 Å². The molecule has 1 aliphatic rings. The summed E-state index contributed by atoms with van der Waals surface area (Å²) >= 11 is 0. The first-order chi connectivity index (χ1) is 7.16. The minimum Gasteiger partial charge on any atom is -0.393 e. The molecule has 1 fully saturated rings. The second-order valence-corrected chi connectivity index (χ2v) is 4.12. The van der Waals surface area contributed by atoms with Gasteiger partial charge in [-0.25, -0.2) is 4.98 Å². The number of hydrogen-bond donors (Lipinski definition) is 1. The van der Waals surface area contributed by atoms with Crippen LogP contribution in [-0.2, 0) is 0 Å². The van der Waals surface area contributed by atoms with Crippen LogP contribution in [-0.4, -0.2) is 34.3 Å². The van der Waals surface area contributed by atoms with Crippen LogP contribution >= 0.6 is 0 Å². The molecular weight excluding hydrogens is 190 g/mol. The number of rotatable bonds is 1. The van der Waals surface area contributed by atoms with Crippen LogP contribution in [0, 0.1) is 13.8 Å². The van der Waals surface area contributed by atoms with E-state index in [0.29, 0.717) is 0 Å². The first kappa shape index (κ1) is 10.4. The average molecular weight is 207 g/mol. The molecule has 0 amide bonds. The molecule has 0 bridgehead atoms. The summed E-state index contributed by atoms with van der Waals surface area (Å²) in [5, 5.41) is 9.41. The molecule has 82 valence electrons. The Balaban J connectivity index is 2.12. The zero-order chi connectivity index (χ0) is 10.8. The molecule has 2 heterocycles. The van der Waals surface area contributed by atoms with Crippen LogP contribution in [0.5, 0.6) is 0 Å². The zero-order valence-corrected chi connectivity index (χ0v) is 9.27. The van der Waals surface area contributed by atoms with Crippen LogP contribution in [0.15, 0.2) is 6.20 Å². The van der Waals surface area contributed by atoms with Crippen LogP contribution in [0.1, 0.15) is 24.2 Å². The molecule has 0 aliphatic carbocycles. The molecular formula is C11H17N3O. The minimum absolute atomic E-state index is 0.138. The third-order valence-corrected chi connectivity index (χ3v) is 2.97. The third-order valence-electron chi connectivity index (χ3n) is 2.97. The van der Waals surface area contributed by atoms with E-state index < -0.39 is 0 Å². The Kier molecular flexibility index (Phi) is 2.86. The lowest BCUT2D eigenvalue weighted by Gasteiger charge is -2.30. The van der Waals surface area contributed by atoms with Gasteiger partial charge in [0.2, 0.25) is 0 Å². The molecule has 1 aromatic heterocycles. The number of hydrogen-bond acceptors (Lipinski definition) is 4. The quantitative estimate of drug-likeness (QED) is 0.748. The molecule has 2 rings (SSSR count). The monoisotopic (exact) mass is 207 g/mol. The van der Waals surface area contributed by atoms with Crippen molar-refractivity contribution in [2.45, 2.75) is 32.8 Å². The second kappa shape index (κ2) is 4.14. The minimum atomic E-state index is -0.138. The lowest BCUT2D eigenvalue weighted by molar-refractivity contribution is 0.145. The topological polar surface area (TPSA) is 49.2 Å². The van der Waals surface area contributed by atoms with Crippen LogP contribution in [0.3, 0.4) is 0 Å².